The van der Waals surface area contributed by atoms with Crippen molar-refractivity contribution in [3.63, 3.8) is 0 Å². The summed E-state index contributed by atoms with van der Waals surface area (Å²) in [6.07, 6.45) is 2.70. The van der Waals surface area contributed by atoms with Crippen molar-refractivity contribution in [1.29, 1.82) is 0 Å². The molecule has 7 heteroatoms. The number of halogens is 1. The number of carbonyl (C=O) groups is 2. The zero-order valence-corrected chi connectivity index (χ0v) is 18.8. The van der Waals surface area contributed by atoms with Crippen LogP contribution >= 0.6 is 15.9 Å². The zero-order chi connectivity index (χ0) is 21.1. The van der Waals surface area contributed by atoms with Gasteiger partial charge >= 0.3 is 5.97 Å². The van der Waals surface area contributed by atoms with Crippen LogP contribution in [0.4, 0.5) is 0 Å². The Morgan fingerprint density at radius 3 is 2.55 bits per heavy atom. The van der Waals surface area contributed by atoms with Crippen molar-refractivity contribution < 1.29 is 23.8 Å². The number of hydrogen-bond acceptors (Lipinski definition) is 6. The Kier molecular flexibility index (Phi) is 6.77. The maximum atomic E-state index is 13.0. The van der Waals surface area contributed by atoms with Crippen molar-refractivity contribution in [1.82, 2.24) is 0 Å². The summed E-state index contributed by atoms with van der Waals surface area (Å²) in [7, 11) is 3.13. The minimum Gasteiger partial charge on any atom is -0.493 e. The molecule has 1 unspecified atom stereocenters. The largest absolute Gasteiger partial charge is 0.493 e. The Bertz CT molecular complexity index is 889. The lowest BCUT2D eigenvalue weighted by atomic mass is 9.71. The topological polar surface area (TPSA) is 74.2 Å². The molecular formula is C22H26BrNO5. The van der Waals surface area contributed by atoms with Crippen LogP contribution in [0, 0.1) is 5.92 Å². The smallest absolute Gasteiger partial charge is 0.315 e. The van der Waals surface area contributed by atoms with Gasteiger partial charge in [-0.15, -0.1) is 0 Å². The fourth-order valence-electron chi connectivity index (χ4n) is 4.05. The number of ketones is 1. The Balaban J connectivity index is 2.19. The van der Waals surface area contributed by atoms with E-state index in [0.29, 0.717) is 35.8 Å². The third-order valence-electron chi connectivity index (χ3n) is 5.37. The van der Waals surface area contributed by atoms with Gasteiger partial charge in [0.15, 0.2) is 17.3 Å². The number of esters is 1. The van der Waals surface area contributed by atoms with Crippen LogP contribution in [-0.4, -0.2) is 38.3 Å². The third-order valence-corrected chi connectivity index (χ3v) is 6.06. The summed E-state index contributed by atoms with van der Waals surface area (Å²) in [5.41, 5.74) is 2.86. The third kappa shape index (κ3) is 4.10. The molecule has 2 aliphatic rings. The lowest BCUT2D eigenvalue weighted by Gasteiger charge is -2.35. The Morgan fingerprint density at radius 2 is 1.90 bits per heavy atom. The molecule has 1 aromatic rings. The van der Waals surface area contributed by atoms with Crippen molar-refractivity contribution in [2.45, 2.75) is 45.4 Å². The fourth-order valence-corrected chi connectivity index (χ4v) is 4.62. The van der Waals surface area contributed by atoms with Crippen LogP contribution in [0.25, 0.3) is 0 Å². The van der Waals surface area contributed by atoms with Crippen LogP contribution in [0.15, 0.2) is 32.9 Å². The minimum absolute atomic E-state index is 0.0440. The Hall–Kier alpha value is -2.15. The predicted octanol–water partition coefficient (Wildman–Crippen LogP) is 4.60. The summed E-state index contributed by atoms with van der Waals surface area (Å²) >= 11 is 3.61. The van der Waals surface area contributed by atoms with E-state index in [9.17, 15) is 9.59 Å². The molecule has 0 saturated heterocycles. The van der Waals surface area contributed by atoms with Gasteiger partial charge in [-0.05, 0) is 43.9 Å². The van der Waals surface area contributed by atoms with E-state index in [2.05, 4.69) is 20.9 Å². The molecular weight excluding hydrogens is 438 g/mol. The normalized spacial score (nSPS) is 21.4. The molecule has 2 atom stereocenters. The van der Waals surface area contributed by atoms with Crippen molar-refractivity contribution in [2.24, 2.45) is 10.9 Å². The van der Waals surface area contributed by atoms with E-state index in [1.807, 2.05) is 19.9 Å². The molecule has 1 aromatic carbocycles. The van der Waals surface area contributed by atoms with Gasteiger partial charge in [0.05, 0.1) is 20.8 Å². The number of allylic oxidation sites excluding steroid dienone is 2. The van der Waals surface area contributed by atoms with Gasteiger partial charge in [0.25, 0.3) is 0 Å². The maximum absolute atomic E-state index is 13.0. The molecule has 0 N–H and O–H groups in total. The quantitative estimate of drug-likeness (QED) is 0.576. The Morgan fingerprint density at radius 1 is 1.21 bits per heavy atom. The van der Waals surface area contributed by atoms with E-state index in [0.717, 1.165) is 35.0 Å². The number of benzene rings is 1. The molecule has 0 amide bonds. The molecule has 0 bridgehead atoms. The van der Waals surface area contributed by atoms with E-state index in [4.69, 9.17) is 14.2 Å². The van der Waals surface area contributed by atoms with Crippen molar-refractivity contribution >= 4 is 33.4 Å². The van der Waals surface area contributed by atoms with Crippen LogP contribution in [0.1, 0.15) is 51.0 Å². The lowest BCUT2D eigenvalue weighted by molar-refractivity contribution is -0.146. The number of Topliss-reactive ketones (excluding diaryl/α,β-unsaturated/α-hetero) is 1. The highest BCUT2D eigenvalue weighted by Crippen LogP contribution is 2.47. The van der Waals surface area contributed by atoms with Crippen LogP contribution in [-0.2, 0) is 14.3 Å². The van der Waals surface area contributed by atoms with Crippen LogP contribution in [0.5, 0.6) is 11.5 Å². The van der Waals surface area contributed by atoms with E-state index >= 15 is 0 Å². The van der Waals surface area contributed by atoms with E-state index in [1.165, 1.54) is 0 Å². The van der Waals surface area contributed by atoms with Crippen molar-refractivity contribution in [3.8, 4) is 11.5 Å². The number of rotatable bonds is 6. The standard InChI is InChI=1S/C22H26BrNO5/c1-5-9-29-22(26)19-12(2)24-15-7-6-8-16(25)21(15)20(19)13-10-17(27-3)18(28-4)11-14(13)23/h10-11,19-20H,5-9H2,1-4H3/t19?,20-/m0/s1. The maximum Gasteiger partial charge on any atom is 0.315 e. The molecule has 1 aliphatic heterocycles. The molecule has 29 heavy (non-hydrogen) atoms. The van der Waals surface area contributed by atoms with Gasteiger partial charge in [0, 0.05) is 33.8 Å². The summed E-state index contributed by atoms with van der Waals surface area (Å²) < 4.78 is 17.1. The molecule has 0 fully saturated rings. The molecule has 156 valence electrons. The second kappa shape index (κ2) is 9.11. The highest BCUT2D eigenvalue weighted by Gasteiger charge is 2.44. The molecule has 0 saturated carbocycles. The summed E-state index contributed by atoms with van der Waals surface area (Å²) in [6.45, 7) is 4.12. The highest BCUT2D eigenvalue weighted by atomic mass is 79.9. The highest BCUT2D eigenvalue weighted by molar-refractivity contribution is 9.10. The zero-order valence-electron chi connectivity index (χ0n) is 17.2. The molecule has 0 spiro atoms. The second-order valence-corrected chi connectivity index (χ2v) is 8.10. The van der Waals surface area contributed by atoms with Crippen molar-refractivity contribution in [2.75, 3.05) is 20.8 Å². The number of methoxy groups -OCH3 is 2. The molecule has 0 aromatic heterocycles. The minimum atomic E-state index is -0.656. The van der Waals surface area contributed by atoms with Crippen LogP contribution < -0.4 is 9.47 Å². The van der Waals surface area contributed by atoms with Gasteiger partial charge in [-0.2, -0.15) is 0 Å². The van der Waals surface area contributed by atoms with Gasteiger partial charge in [0.2, 0.25) is 0 Å². The fraction of sp³-hybridized carbons (Fsp3) is 0.500. The van der Waals surface area contributed by atoms with Gasteiger partial charge < -0.3 is 14.2 Å². The molecule has 1 aliphatic carbocycles. The first-order valence-corrected chi connectivity index (χ1v) is 10.6. The predicted molar refractivity (Wildman–Crippen MR) is 114 cm³/mol. The van der Waals surface area contributed by atoms with Crippen molar-refractivity contribution in [3.05, 3.63) is 33.4 Å². The number of nitrogens with zero attached hydrogens (tertiary/aromatic N) is 1. The lowest BCUT2D eigenvalue weighted by Crippen LogP contribution is -2.37. The first-order valence-electron chi connectivity index (χ1n) is 9.82. The average molecular weight is 464 g/mol. The second-order valence-electron chi connectivity index (χ2n) is 7.24. The average Bonchev–Trinajstić information content (AvgIpc) is 2.71. The summed E-state index contributed by atoms with van der Waals surface area (Å²) in [5, 5.41) is 0. The van der Waals surface area contributed by atoms with E-state index in [1.54, 1.807) is 20.3 Å². The summed E-state index contributed by atoms with van der Waals surface area (Å²) in [5.74, 6) is -0.340. The SMILES string of the molecule is CCCOC(=O)C1C(C)=NC2=C(C(=O)CCC2)[C@H]1c1cc(OC)c(OC)cc1Br. The summed E-state index contributed by atoms with van der Waals surface area (Å²) in [4.78, 5) is 30.6. The molecule has 3 rings (SSSR count). The monoisotopic (exact) mass is 463 g/mol. The molecule has 6 nitrogen and oxygen atoms in total. The van der Waals surface area contributed by atoms with E-state index in [-0.39, 0.29) is 11.8 Å². The number of aliphatic imine (C=N–C) groups is 1. The number of ether oxygens (including phenoxy) is 3. The van der Waals surface area contributed by atoms with Gasteiger partial charge in [0.1, 0.15) is 5.92 Å². The van der Waals surface area contributed by atoms with Gasteiger partial charge in [-0.25, -0.2) is 0 Å². The molecule has 1 heterocycles. The van der Waals surface area contributed by atoms with Crippen LogP contribution in [0.3, 0.4) is 0 Å². The summed E-state index contributed by atoms with van der Waals surface area (Å²) in [6, 6.07) is 3.63. The number of hydrogen-bond donors (Lipinski definition) is 0. The number of carbonyl (C=O) groups excluding carboxylic acids is 2. The van der Waals surface area contributed by atoms with Gasteiger partial charge in [-0.1, -0.05) is 22.9 Å². The Labute approximate surface area is 179 Å². The van der Waals surface area contributed by atoms with Crippen LogP contribution in [0.2, 0.25) is 0 Å². The first kappa shape index (κ1) is 21.6. The van der Waals surface area contributed by atoms with Gasteiger partial charge in [-0.3, -0.25) is 14.6 Å². The first-order chi connectivity index (χ1) is 13.9. The van der Waals surface area contributed by atoms with E-state index < -0.39 is 11.8 Å². The molecule has 0 radical (unpaired) electrons.